The number of H-pyrrole nitrogens is 1. The molecule has 1 spiro atoms. The van der Waals surface area contributed by atoms with Crippen LogP contribution in [0.2, 0.25) is 0 Å². The van der Waals surface area contributed by atoms with E-state index in [1.165, 1.54) is 77.5 Å². The molecule has 0 saturated heterocycles. The zero-order valence-corrected chi connectivity index (χ0v) is 31.2. The fourth-order valence-corrected chi connectivity index (χ4v) is 9.94. The Morgan fingerprint density at radius 2 is 0.684 bits per heavy atom. The molecule has 0 radical (unpaired) electrons. The monoisotopic (exact) mass is 724 g/mol. The van der Waals surface area contributed by atoms with Crippen molar-refractivity contribution in [1.82, 2.24) is 4.98 Å². The summed E-state index contributed by atoms with van der Waals surface area (Å²) in [5.41, 5.74) is 20.9. The molecule has 2 nitrogen and oxygen atoms in total. The molecule has 2 aliphatic carbocycles. The molecule has 0 aliphatic heterocycles. The van der Waals surface area contributed by atoms with Crippen molar-refractivity contribution in [1.29, 1.82) is 0 Å². The lowest BCUT2D eigenvalue weighted by Crippen LogP contribution is -2.25. The van der Waals surface area contributed by atoms with E-state index in [-0.39, 0.29) is 5.41 Å². The Morgan fingerprint density at radius 3 is 1.21 bits per heavy atom. The molecule has 0 saturated carbocycles. The standard InChI is InChI=1S/C55H36N2/c1-3-13-40(14-4-1)57(41-15-5-2-6-16-41)42-28-23-36(24-29-42)37-26-31-53-47(33-37)48-34-38(27-32-54(48)56-53)39-25-30-46-45-19-9-12-22-51(45)55(52(46)35-39)49-20-10-7-17-43(49)44-18-8-11-21-50(44)55/h1-35,56H. The molecule has 0 atom stereocenters. The van der Waals surface area contributed by atoms with E-state index >= 15 is 0 Å². The molecule has 1 aromatic heterocycles. The van der Waals surface area contributed by atoms with Gasteiger partial charge in [-0.05, 0) is 133 Å². The quantitative estimate of drug-likeness (QED) is 0.187. The fraction of sp³-hybridized carbons (Fsp3) is 0.0182. The second-order valence-electron chi connectivity index (χ2n) is 15.3. The molecular formula is C55H36N2. The largest absolute Gasteiger partial charge is 0.355 e. The van der Waals surface area contributed by atoms with Crippen molar-refractivity contribution in [2.75, 3.05) is 4.90 Å². The second kappa shape index (κ2) is 12.3. The lowest BCUT2D eigenvalue weighted by atomic mass is 9.70. The van der Waals surface area contributed by atoms with Crippen molar-refractivity contribution in [2.24, 2.45) is 0 Å². The first kappa shape index (κ1) is 31.9. The van der Waals surface area contributed by atoms with Crippen LogP contribution in [0.3, 0.4) is 0 Å². The van der Waals surface area contributed by atoms with E-state index in [1.54, 1.807) is 0 Å². The van der Waals surface area contributed by atoms with Crippen molar-refractivity contribution in [3.63, 3.8) is 0 Å². The number of hydrogen-bond donors (Lipinski definition) is 1. The average Bonchev–Trinajstić information content (AvgIpc) is 3.91. The van der Waals surface area contributed by atoms with Crippen molar-refractivity contribution in [3.05, 3.63) is 235 Å². The summed E-state index contributed by atoms with van der Waals surface area (Å²) in [4.78, 5) is 6.01. The van der Waals surface area contributed by atoms with Crippen molar-refractivity contribution in [2.45, 2.75) is 5.41 Å². The maximum Gasteiger partial charge on any atom is 0.0725 e. The van der Waals surface area contributed by atoms with Gasteiger partial charge >= 0.3 is 0 Å². The number of benzene rings is 9. The Hall–Kier alpha value is -7.42. The highest BCUT2D eigenvalue weighted by atomic mass is 15.1. The van der Waals surface area contributed by atoms with Crippen LogP contribution in [0.15, 0.2) is 212 Å². The molecular weight excluding hydrogens is 689 g/mol. The van der Waals surface area contributed by atoms with Gasteiger partial charge in [0.1, 0.15) is 0 Å². The zero-order valence-electron chi connectivity index (χ0n) is 31.2. The summed E-state index contributed by atoms with van der Waals surface area (Å²) in [6.45, 7) is 0. The van der Waals surface area contributed by atoms with Crippen LogP contribution in [0.5, 0.6) is 0 Å². The van der Waals surface area contributed by atoms with Crippen molar-refractivity contribution >= 4 is 38.9 Å². The first-order valence-electron chi connectivity index (χ1n) is 19.8. The Labute approximate surface area is 332 Å². The van der Waals surface area contributed by atoms with Gasteiger partial charge in [0.05, 0.1) is 5.41 Å². The molecule has 9 aromatic carbocycles. The average molecular weight is 725 g/mol. The van der Waals surface area contributed by atoms with Crippen LogP contribution in [-0.2, 0) is 5.41 Å². The first-order chi connectivity index (χ1) is 28.3. The molecule has 0 unspecified atom stereocenters. The molecule has 0 bridgehead atoms. The number of hydrogen-bond acceptors (Lipinski definition) is 1. The predicted octanol–water partition coefficient (Wildman–Crippen LogP) is 14.5. The van der Waals surface area contributed by atoms with E-state index in [9.17, 15) is 0 Å². The molecule has 2 heteroatoms. The number of para-hydroxylation sites is 2. The molecule has 1 heterocycles. The summed E-state index contributed by atoms with van der Waals surface area (Å²) in [5.74, 6) is 0. The Morgan fingerprint density at radius 1 is 0.298 bits per heavy atom. The SMILES string of the molecule is c1ccc(N(c2ccccc2)c2ccc(-c3ccc4[nH]c5ccc(-c6ccc7c(c6)C6(c8ccccc8-c8ccccc86)c6ccccc6-7)cc5c4c3)cc2)cc1. The Bertz CT molecular complexity index is 3070. The minimum Gasteiger partial charge on any atom is -0.355 e. The summed E-state index contributed by atoms with van der Waals surface area (Å²) in [6, 6.07) is 78.0. The molecule has 10 aromatic rings. The third-order valence-electron chi connectivity index (χ3n) is 12.4. The van der Waals surface area contributed by atoms with E-state index in [1.807, 2.05) is 0 Å². The fourth-order valence-electron chi connectivity index (χ4n) is 9.94. The topological polar surface area (TPSA) is 19.0 Å². The molecule has 1 N–H and O–H groups in total. The third-order valence-corrected chi connectivity index (χ3v) is 12.4. The van der Waals surface area contributed by atoms with Crippen molar-refractivity contribution in [3.8, 4) is 44.5 Å². The maximum atomic E-state index is 3.70. The van der Waals surface area contributed by atoms with Crippen LogP contribution < -0.4 is 4.90 Å². The zero-order chi connectivity index (χ0) is 37.5. The summed E-state index contributed by atoms with van der Waals surface area (Å²) in [6.07, 6.45) is 0. The highest BCUT2D eigenvalue weighted by Crippen LogP contribution is 2.63. The van der Waals surface area contributed by atoms with Crippen LogP contribution in [0.4, 0.5) is 17.1 Å². The summed E-state index contributed by atoms with van der Waals surface area (Å²) >= 11 is 0. The molecule has 57 heavy (non-hydrogen) atoms. The smallest absolute Gasteiger partial charge is 0.0725 e. The van der Waals surface area contributed by atoms with Gasteiger partial charge in [-0.15, -0.1) is 0 Å². The summed E-state index contributed by atoms with van der Waals surface area (Å²) in [5, 5.41) is 2.46. The number of rotatable bonds is 5. The highest BCUT2D eigenvalue weighted by molar-refractivity contribution is 6.10. The predicted molar refractivity (Wildman–Crippen MR) is 238 cm³/mol. The van der Waals surface area contributed by atoms with Crippen LogP contribution in [0.25, 0.3) is 66.3 Å². The van der Waals surface area contributed by atoms with E-state index in [2.05, 4.69) is 222 Å². The summed E-state index contributed by atoms with van der Waals surface area (Å²) in [7, 11) is 0. The van der Waals surface area contributed by atoms with Crippen LogP contribution in [0.1, 0.15) is 22.3 Å². The lowest BCUT2D eigenvalue weighted by Gasteiger charge is -2.30. The Kier molecular flexibility index (Phi) is 6.88. The van der Waals surface area contributed by atoms with E-state index in [0.717, 1.165) is 28.1 Å². The second-order valence-corrected chi connectivity index (χ2v) is 15.3. The number of fused-ring (bicyclic) bond motifs is 13. The number of anilines is 3. The van der Waals surface area contributed by atoms with Gasteiger partial charge in [0.15, 0.2) is 0 Å². The van der Waals surface area contributed by atoms with E-state index < -0.39 is 0 Å². The molecule has 2 aliphatic rings. The minimum absolute atomic E-state index is 0.357. The highest BCUT2D eigenvalue weighted by Gasteiger charge is 2.51. The maximum absolute atomic E-state index is 3.70. The first-order valence-corrected chi connectivity index (χ1v) is 19.8. The van der Waals surface area contributed by atoms with Gasteiger partial charge in [-0.25, -0.2) is 0 Å². The number of aromatic nitrogens is 1. The van der Waals surface area contributed by atoms with Gasteiger partial charge in [0.25, 0.3) is 0 Å². The van der Waals surface area contributed by atoms with Crippen molar-refractivity contribution < 1.29 is 0 Å². The summed E-state index contributed by atoms with van der Waals surface area (Å²) < 4.78 is 0. The Balaban J connectivity index is 0.958. The number of aromatic amines is 1. The number of nitrogens with zero attached hydrogens (tertiary/aromatic N) is 1. The van der Waals surface area contributed by atoms with Crippen LogP contribution in [-0.4, -0.2) is 4.98 Å². The molecule has 12 rings (SSSR count). The molecule has 0 fully saturated rings. The normalized spacial score (nSPS) is 13.1. The number of nitrogens with one attached hydrogen (secondary N) is 1. The minimum atomic E-state index is -0.357. The van der Waals surface area contributed by atoms with Gasteiger partial charge < -0.3 is 9.88 Å². The van der Waals surface area contributed by atoms with E-state index in [0.29, 0.717) is 0 Å². The van der Waals surface area contributed by atoms with Gasteiger partial charge in [-0.2, -0.15) is 0 Å². The lowest BCUT2D eigenvalue weighted by molar-refractivity contribution is 0.794. The molecule has 0 amide bonds. The molecule has 266 valence electrons. The van der Waals surface area contributed by atoms with Gasteiger partial charge in [0, 0.05) is 38.9 Å². The van der Waals surface area contributed by atoms with Gasteiger partial charge in [-0.1, -0.05) is 146 Å². The van der Waals surface area contributed by atoms with Gasteiger partial charge in [-0.3, -0.25) is 0 Å². The third kappa shape index (κ3) is 4.65. The van der Waals surface area contributed by atoms with Gasteiger partial charge in [0.2, 0.25) is 0 Å². The van der Waals surface area contributed by atoms with E-state index in [4.69, 9.17) is 0 Å². The van der Waals surface area contributed by atoms with Crippen LogP contribution >= 0.6 is 0 Å². The van der Waals surface area contributed by atoms with Crippen LogP contribution in [0, 0.1) is 0 Å².